The van der Waals surface area contributed by atoms with Crippen molar-refractivity contribution >= 4 is 17.5 Å². The van der Waals surface area contributed by atoms with Gasteiger partial charge in [-0.2, -0.15) is 0 Å². The summed E-state index contributed by atoms with van der Waals surface area (Å²) >= 11 is 1.69. The van der Waals surface area contributed by atoms with Crippen LogP contribution in [0.15, 0.2) is 29.2 Å². The summed E-state index contributed by atoms with van der Waals surface area (Å²) in [5, 5.41) is 0. The van der Waals surface area contributed by atoms with Crippen molar-refractivity contribution in [3.05, 3.63) is 29.8 Å². The molecule has 1 nitrogen and oxygen atoms in total. The number of carbonyl (C=O) groups is 1. The van der Waals surface area contributed by atoms with E-state index in [-0.39, 0.29) is 11.7 Å². The molecule has 0 N–H and O–H groups in total. The zero-order chi connectivity index (χ0) is 10.6. The molecule has 0 saturated heterocycles. The van der Waals surface area contributed by atoms with Gasteiger partial charge in [0.2, 0.25) is 0 Å². The van der Waals surface area contributed by atoms with Crippen molar-refractivity contribution < 1.29 is 4.79 Å². The Kier molecular flexibility index (Phi) is 4.21. The van der Waals surface area contributed by atoms with Crippen LogP contribution in [0.25, 0.3) is 0 Å². The van der Waals surface area contributed by atoms with Crippen LogP contribution in [0.1, 0.15) is 30.6 Å². The molecular formula is C12H16OS. The van der Waals surface area contributed by atoms with Crippen LogP contribution in [0.4, 0.5) is 0 Å². The largest absolute Gasteiger partial charge is 0.294 e. The molecule has 0 radical (unpaired) electrons. The smallest absolute Gasteiger partial charge is 0.165 e. The average Bonchev–Trinajstić information content (AvgIpc) is 2.27. The zero-order valence-corrected chi connectivity index (χ0v) is 9.73. The van der Waals surface area contributed by atoms with Crippen LogP contribution in [0.3, 0.4) is 0 Å². The highest BCUT2D eigenvalue weighted by atomic mass is 32.2. The summed E-state index contributed by atoms with van der Waals surface area (Å²) in [4.78, 5) is 13.0. The summed E-state index contributed by atoms with van der Waals surface area (Å²) in [6.45, 7) is 4.02. The van der Waals surface area contributed by atoms with E-state index in [1.54, 1.807) is 11.8 Å². The fourth-order valence-electron chi connectivity index (χ4n) is 1.23. The molecule has 0 amide bonds. The molecule has 1 atom stereocenters. The van der Waals surface area contributed by atoms with Crippen molar-refractivity contribution in [3.8, 4) is 0 Å². The van der Waals surface area contributed by atoms with Crippen LogP contribution in [0, 0.1) is 5.92 Å². The number of thioether (sulfide) groups is 1. The standard InChI is InChI=1S/C12H16OS/c1-4-9(2)12(13)10-5-7-11(14-3)8-6-10/h5-9H,4H2,1-3H3. The van der Waals surface area contributed by atoms with Crippen LogP contribution in [0.2, 0.25) is 0 Å². The number of rotatable bonds is 4. The molecule has 14 heavy (non-hydrogen) atoms. The Morgan fingerprint density at radius 2 is 1.93 bits per heavy atom. The average molecular weight is 208 g/mol. The summed E-state index contributed by atoms with van der Waals surface area (Å²) < 4.78 is 0. The molecule has 1 aromatic carbocycles. The second-order valence-electron chi connectivity index (χ2n) is 3.40. The Balaban J connectivity index is 2.81. The van der Waals surface area contributed by atoms with E-state index in [0.717, 1.165) is 12.0 Å². The van der Waals surface area contributed by atoms with Gasteiger partial charge in [-0.05, 0) is 24.8 Å². The summed E-state index contributed by atoms with van der Waals surface area (Å²) in [6, 6.07) is 7.83. The third-order valence-corrected chi connectivity index (χ3v) is 3.18. The minimum atomic E-state index is 0.134. The number of Topliss-reactive ketones (excluding diaryl/α,β-unsaturated/α-hetero) is 1. The molecule has 0 bridgehead atoms. The minimum Gasteiger partial charge on any atom is -0.294 e. The van der Waals surface area contributed by atoms with Crippen LogP contribution in [-0.2, 0) is 0 Å². The van der Waals surface area contributed by atoms with Gasteiger partial charge in [-0.25, -0.2) is 0 Å². The van der Waals surface area contributed by atoms with Crippen molar-refractivity contribution in [2.45, 2.75) is 25.2 Å². The summed E-state index contributed by atoms with van der Waals surface area (Å²) in [7, 11) is 0. The maximum absolute atomic E-state index is 11.8. The number of hydrogen-bond acceptors (Lipinski definition) is 2. The molecule has 0 aliphatic heterocycles. The number of benzene rings is 1. The van der Waals surface area contributed by atoms with Gasteiger partial charge in [-0.1, -0.05) is 26.0 Å². The maximum Gasteiger partial charge on any atom is 0.165 e. The Morgan fingerprint density at radius 3 is 2.36 bits per heavy atom. The van der Waals surface area contributed by atoms with Crippen LogP contribution < -0.4 is 0 Å². The van der Waals surface area contributed by atoms with Gasteiger partial charge in [-0.15, -0.1) is 11.8 Å². The lowest BCUT2D eigenvalue weighted by Crippen LogP contribution is -2.09. The maximum atomic E-state index is 11.8. The topological polar surface area (TPSA) is 17.1 Å². The lowest BCUT2D eigenvalue weighted by atomic mass is 9.97. The molecule has 2 heteroatoms. The summed E-state index contributed by atoms with van der Waals surface area (Å²) in [6.07, 6.45) is 2.94. The first-order valence-electron chi connectivity index (χ1n) is 4.87. The Bertz CT molecular complexity index is 303. The molecule has 1 rings (SSSR count). The van der Waals surface area contributed by atoms with Crippen molar-refractivity contribution in [2.75, 3.05) is 6.26 Å². The summed E-state index contributed by atoms with van der Waals surface area (Å²) in [5.74, 6) is 0.385. The molecule has 0 aromatic heterocycles. The molecule has 0 heterocycles. The predicted octanol–water partition coefficient (Wildman–Crippen LogP) is 3.64. The monoisotopic (exact) mass is 208 g/mol. The van der Waals surface area contributed by atoms with E-state index in [4.69, 9.17) is 0 Å². The van der Waals surface area contributed by atoms with Gasteiger partial charge in [0, 0.05) is 16.4 Å². The first-order chi connectivity index (χ1) is 6.69. The Morgan fingerprint density at radius 1 is 1.36 bits per heavy atom. The molecule has 0 fully saturated rings. The van der Waals surface area contributed by atoms with Gasteiger partial charge in [0.05, 0.1) is 0 Å². The highest BCUT2D eigenvalue weighted by Crippen LogP contribution is 2.17. The number of carbonyl (C=O) groups excluding carboxylic acids is 1. The van der Waals surface area contributed by atoms with Crippen molar-refractivity contribution in [2.24, 2.45) is 5.92 Å². The van der Waals surface area contributed by atoms with Crippen molar-refractivity contribution in [1.82, 2.24) is 0 Å². The third-order valence-electron chi connectivity index (χ3n) is 2.43. The molecule has 76 valence electrons. The van der Waals surface area contributed by atoms with E-state index >= 15 is 0 Å². The highest BCUT2D eigenvalue weighted by Gasteiger charge is 2.12. The normalized spacial score (nSPS) is 12.5. The zero-order valence-electron chi connectivity index (χ0n) is 8.91. The Hall–Kier alpha value is -0.760. The van der Waals surface area contributed by atoms with Gasteiger partial charge in [0.15, 0.2) is 5.78 Å². The third kappa shape index (κ3) is 2.61. The van der Waals surface area contributed by atoms with Gasteiger partial charge >= 0.3 is 0 Å². The van der Waals surface area contributed by atoms with Crippen molar-refractivity contribution in [3.63, 3.8) is 0 Å². The van der Waals surface area contributed by atoms with Gasteiger partial charge in [-0.3, -0.25) is 4.79 Å². The summed E-state index contributed by atoms with van der Waals surface area (Å²) in [5.41, 5.74) is 0.831. The van der Waals surface area contributed by atoms with E-state index < -0.39 is 0 Å². The van der Waals surface area contributed by atoms with E-state index in [0.29, 0.717) is 0 Å². The SMILES string of the molecule is CCC(C)C(=O)c1ccc(SC)cc1. The molecule has 0 aliphatic rings. The van der Waals surface area contributed by atoms with E-state index in [1.165, 1.54) is 4.90 Å². The highest BCUT2D eigenvalue weighted by molar-refractivity contribution is 7.98. The molecule has 0 spiro atoms. The second-order valence-corrected chi connectivity index (χ2v) is 4.28. The van der Waals surface area contributed by atoms with Gasteiger partial charge in [0.25, 0.3) is 0 Å². The fraction of sp³-hybridized carbons (Fsp3) is 0.417. The first kappa shape index (κ1) is 11.3. The lowest BCUT2D eigenvalue weighted by Gasteiger charge is -2.07. The molecule has 1 aromatic rings. The number of hydrogen-bond donors (Lipinski definition) is 0. The van der Waals surface area contributed by atoms with Crippen LogP contribution in [-0.4, -0.2) is 12.0 Å². The predicted molar refractivity (Wildman–Crippen MR) is 62.0 cm³/mol. The molecule has 0 saturated carbocycles. The minimum absolute atomic E-state index is 0.134. The van der Waals surface area contributed by atoms with E-state index in [9.17, 15) is 4.79 Å². The number of ketones is 1. The van der Waals surface area contributed by atoms with E-state index in [1.807, 2.05) is 44.4 Å². The van der Waals surface area contributed by atoms with Crippen LogP contribution in [0.5, 0.6) is 0 Å². The molecular weight excluding hydrogens is 192 g/mol. The lowest BCUT2D eigenvalue weighted by molar-refractivity contribution is 0.0927. The fourth-order valence-corrected chi connectivity index (χ4v) is 1.63. The Labute approximate surface area is 89.9 Å². The van der Waals surface area contributed by atoms with Gasteiger partial charge < -0.3 is 0 Å². The van der Waals surface area contributed by atoms with Gasteiger partial charge in [0.1, 0.15) is 0 Å². The molecule has 1 unspecified atom stereocenters. The van der Waals surface area contributed by atoms with Crippen LogP contribution >= 0.6 is 11.8 Å². The molecule has 0 aliphatic carbocycles. The van der Waals surface area contributed by atoms with E-state index in [2.05, 4.69) is 0 Å². The first-order valence-corrected chi connectivity index (χ1v) is 6.09. The van der Waals surface area contributed by atoms with Crippen molar-refractivity contribution in [1.29, 1.82) is 0 Å². The quantitative estimate of drug-likeness (QED) is 0.555. The second kappa shape index (κ2) is 5.20.